The molecule has 0 radical (unpaired) electrons. The maximum absolute atomic E-state index is 9.69. The summed E-state index contributed by atoms with van der Waals surface area (Å²) in [5.41, 5.74) is 10.8. The van der Waals surface area contributed by atoms with Crippen molar-refractivity contribution >= 4 is 12.2 Å². The van der Waals surface area contributed by atoms with E-state index >= 15 is 0 Å². The number of guanidine groups is 1. The first-order valence-corrected chi connectivity index (χ1v) is 5.26. The SMILES string of the molecule is CCCOc1ccc(/C=[NH+]/N=C(N)N)c(O)c1. The van der Waals surface area contributed by atoms with Gasteiger partial charge in [-0.05, 0) is 18.6 Å². The van der Waals surface area contributed by atoms with Gasteiger partial charge in [0.05, 0.1) is 12.2 Å². The number of nitrogens with two attached hydrogens (primary N) is 2. The van der Waals surface area contributed by atoms with Crippen molar-refractivity contribution in [1.82, 2.24) is 0 Å². The van der Waals surface area contributed by atoms with Crippen LogP contribution in [-0.2, 0) is 0 Å². The van der Waals surface area contributed by atoms with Crippen molar-refractivity contribution in [2.45, 2.75) is 13.3 Å². The van der Waals surface area contributed by atoms with Gasteiger partial charge in [0.25, 0.3) is 5.96 Å². The van der Waals surface area contributed by atoms with Gasteiger partial charge in [0.2, 0.25) is 6.21 Å². The van der Waals surface area contributed by atoms with E-state index in [2.05, 4.69) is 10.2 Å². The molecule has 0 heterocycles. The molecule has 17 heavy (non-hydrogen) atoms. The zero-order valence-corrected chi connectivity index (χ0v) is 9.68. The van der Waals surface area contributed by atoms with Crippen LogP contribution in [-0.4, -0.2) is 23.9 Å². The van der Waals surface area contributed by atoms with Gasteiger partial charge in [-0.25, -0.2) is 0 Å². The Morgan fingerprint density at radius 3 is 2.88 bits per heavy atom. The van der Waals surface area contributed by atoms with E-state index in [4.69, 9.17) is 16.2 Å². The molecule has 0 amide bonds. The quantitative estimate of drug-likeness (QED) is 0.295. The highest BCUT2D eigenvalue weighted by atomic mass is 16.5. The zero-order valence-electron chi connectivity index (χ0n) is 9.68. The van der Waals surface area contributed by atoms with E-state index < -0.39 is 0 Å². The molecule has 0 fully saturated rings. The minimum Gasteiger partial charge on any atom is -0.507 e. The van der Waals surface area contributed by atoms with Gasteiger partial charge < -0.3 is 21.3 Å². The van der Waals surface area contributed by atoms with Crippen molar-refractivity contribution in [2.75, 3.05) is 6.61 Å². The molecule has 6 N–H and O–H groups in total. The third kappa shape index (κ3) is 4.42. The molecule has 0 aliphatic heterocycles. The summed E-state index contributed by atoms with van der Waals surface area (Å²) in [7, 11) is 0. The third-order valence-corrected chi connectivity index (χ3v) is 1.89. The number of benzene rings is 1. The Morgan fingerprint density at radius 1 is 1.53 bits per heavy atom. The predicted octanol–water partition coefficient (Wildman–Crippen LogP) is -1.13. The van der Waals surface area contributed by atoms with Crippen LogP contribution >= 0.6 is 0 Å². The molecule has 1 rings (SSSR count). The number of phenols is 1. The number of nitrogens with zero attached hydrogens (tertiary/aromatic N) is 1. The number of hydrazone groups is 1. The second-order valence-corrected chi connectivity index (χ2v) is 3.38. The minimum atomic E-state index is -0.0800. The van der Waals surface area contributed by atoms with Crippen LogP contribution in [0.2, 0.25) is 0 Å². The van der Waals surface area contributed by atoms with Crippen molar-refractivity contribution in [3.8, 4) is 11.5 Å². The van der Waals surface area contributed by atoms with Gasteiger partial charge in [-0.15, -0.1) is 5.10 Å². The molecule has 0 aromatic heterocycles. The molecule has 0 unspecified atom stereocenters. The van der Waals surface area contributed by atoms with Gasteiger partial charge >= 0.3 is 0 Å². The standard InChI is InChI=1S/C11H16N4O2/c1-2-5-17-9-4-3-8(10(16)6-9)7-14-15-11(12)13/h3-4,6-7,16H,2,5H2,1H3,(H4,12,13,15)/p+1/b14-7+. The third-order valence-electron chi connectivity index (χ3n) is 1.89. The number of nitrogens with one attached hydrogen (secondary N) is 1. The van der Waals surface area contributed by atoms with Gasteiger partial charge in [0.1, 0.15) is 11.5 Å². The highest BCUT2D eigenvalue weighted by Gasteiger charge is 2.03. The summed E-state index contributed by atoms with van der Waals surface area (Å²) >= 11 is 0. The van der Waals surface area contributed by atoms with Crippen molar-refractivity contribution < 1.29 is 14.9 Å². The molecule has 6 nitrogen and oxygen atoms in total. The van der Waals surface area contributed by atoms with E-state index in [9.17, 15) is 5.11 Å². The van der Waals surface area contributed by atoms with E-state index in [0.717, 1.165) is 6.42 Å². The fraction of sp³-hybridized carbons (Fsp3) is 0.273. The van der Waals surface area contributed by atoms with Crippen LogP contribution in [0.15, 0.2) is 23.3 Å². The maximum Gasteiger partial charge on any atom is 0.256 e. The molecular weight excluding hydrogens is 220 g/mol. The second kappa shape index (κ2) is 6.37. The molecule has 6 heteroatoms. The lowest BCUT2D eigenvalue weighted by molar-refractivity contribution is -0.456. The fourth-order valence-electron chi connectivity index (χ4n) is 1.13. The van der Waals surface area contributed by atoms with E-state index in [1.54, 1.807) is 18.2 Å². The molecule has 92 valence electrons. The smallest absolute Gasteiger partial charge is 0.256 e. The minimum absolute atomic E-state index is 0.0800. The lowest BCUT2D eigenvalue weighted by atomic mass is 10.2. The molecule has 0 bridgehead atoms. The highest BCUT2D eigenvalue weighted by Crippen LogP contribution is 2.21. The molecule has 0 spiro atoms. The Labute approximate surface area is 99.6 Å². The van der Waals surface area contributed by atoms with Crippen molar-refractivity contribution in [1.29, 1.82) is 0 Å². The summed E-state index contributed by atoms with van der Waals surface area (Å²) < 4.78 is 5.37. The van der Waals surface area contributed by atoms with Gasteiger partial charge in [-0.3, -0.25) is 0 Å². The average molecular weight is 237 g/mol. The number of phenolic OH excluding ortho intramolecular Hbond substituents is 1. The maximum atomic E-state index is 9.69. The summed E-state index contributed by atoms with van der Waals surface area (Å²) in [6.45, 7) is 2.63. The van der Waals surface area contributed by atoms with Crippen molar-refractivity contribution in [3.63, 3.8) is 0 Å². The van der Waals surface area contributed by atoms with Crippen LogP contribution in [0, 0.1) is 0 Å². The van der Waals surface area contributed by atoms with Crippen LogP contribution in [0.4, 0.5) is 0 Å². The molecular formula is C11H17N4O2+. The Bertz CT molecular complexity index is 425. The van der Waals surface area contributed by atoms with Gasteiger partial charge in [-0.1, -0.05) is 6.92 Å². The van der Waals surface area contributed by atoms with Crippen LogP contribution < -0.4 is 21.3 Å². The fourth-order valence-corrected chi connectivity index (χ4v) is 1.13. The predicted molar refractivity (Wildman–Crippen MR) is 65.8 cm³/mol. The second-order valence-electron chi connectivity index (χ2n) is 3.38. The molecule has 0 aliphatic carbocycles. The Morgan fingerprint density at radius 2 is 2.29 bits per heavy atom. The molecule has 0 atom stereocenters. The van der Waals surface area contributed by atoms with E-state index in [-0.39, 0.29) is 11.7 Å². The van der Waals surface area contributed by atoms with Gasteiger partial charge in [0.15, 0.2) is 0 Å². The monoisotopic (exact) mass is 237 g/mol. The van der Waals surface area contributed by atoms with E-state index in [1.807, 2.05) is 6.92 Å². The van der Waals surface area contributed by atoms with Crippen LogP contribution in [0.1, 0.15) is 18.9 Å². The summed E-state index contributed by atoms with van der Waals surface area (Å²) in [5, 5.41) is 15.8. The largest absolute Gasteiger partial charge is 0.507 e. The topological polar surface area (TPSA) is 108 Å². The van der Waals surface area contributed by atoms with Crippen molar-refractivity contribution in [3.05, 3.63) is 23.8 Å². The zero-order chi connectivity index (χ0) is 12.7. The first-order chi connectivity index (χ1) is 8.13. The van der Waals surface area contributed by atoms with E-state index in [1.165, 1.54) is 6.21 Å². The molecule has 1 aromatic rings. The first-order valence-electron chi connectivity index (χ1n) is 5.26. The summed E-state index contributed by atoms with van der Waals surface area (Å²) in [6, 6.07) is 5.01. The molecule has 0 aliphatic rings. The number of ether oxygens (including phenoxy) is 1. The summed E-state index contributed by atoms with van der Waals surface area (Å²) in [4.78, 5) is 0. The normalized spacial score (nSPS) is 10.4. The summed E-state index contributed by atoms with van der Waals surface area (Å²) in [5.74, 6) is 0.642. The van der Waals surface area contributed by atoms with Crippen LogP contribution in [0.3, 0.4) is 0 Å². The summed E-state index contributed by atoms with van der Waals surface area (Å²) in [6.07, 6.45) is 2.40. The number of rotatable bonds is 5. The van der Waals surface area contributed by atoms with Crippen LogP contribution in [0.25, 0.3) is 0 Å². The van der Waals surface area contributed by atoms with E-state index in [0.29, 0.717) is 17.9 Å². The molecule has 1 aromatic carbocycles. The number of hydrogen-bond donors (Lipinski definition) is 4. The van der Waals surface area contributed by atoms with Gasteiger partial charge in [-0.2, -0.15) is 0 Å². The highest BCUT2D eigenvalue weighted by molar-refractivity contribution is 5.80. The Balaban J connectivity index is 2.76. The molecule has 0 saturated heterocycles. The lowest BCUT2D eigenvalue weighted by Crippen LogP contribution is -2.63. The number of aromatic hydroxyl groups is 1. The number of hydrogen-bond acceptors (Lipinski definition) is 3. The Kier molecular flexibility index (Phi) is 4.80. The first kappa shape index (κ1) is 12.8. The van der Waals surface area contributed by atoms with Crippen molar-refractivity contribution in [2.24, 2.45) is 16.6 Å². The molecule has 0 saturated carbocycles. The van der Waals surface area contributed by atoms with Gasteiger partial charge in [0, 0.05) is 11.2 Å². The average Bonchev–Trinajstić information content (AvgIpc) is 2.28. The lowest BCUT2D eigenvalue weighted by Gasteiger charge is -2.04. The van der Waals surface area contributed by atoms with Crippen LogP contribution in [0.5, 0.6) is 11.5 Å². The Hall–Kier alpha value is -2.24.